The van der Waals surface area contributed by atoms with Gasteiger partial charge in [-0.25, -0.2) is 4.39 Å². The van der Waals surface area contributed by atoms with Gasteiger partial charge in [0.1, 0.15) is 0 Å². The molecular weight excluding hydrogens is 239 g/mol. The lowest BCUT2D eigenvalue weighted by atomic mass is 9.94. The number of halogens is 1. The topological polar surface area (TPSA) is 38.9 Å². The molecule has 0 radical (unpaired) electrons. The number of hydrogen-bond donors (Lipinski definition) is 1. The van der Waals surface area contributed by atoms with Crippen LogP contribution in [0.25, 0.3) is 10.9 Å². The van der Waals surface area contributed by atoms with E-state index in [0.29, 0.717) is 16.6 Å². The monoisotopic (exact) mass is 258 g/mol. The first kappa shape index (κ1) is 15.0. The maximum atomic E-state index is 13.6. The summed E-state index contributed by atoms with van der Waals surface area (Å²) in [4.78, 5) is 4.04. The van der Waals surface area contributed by atoms with Gasteiger partial charge in [0, 0.05) is 11.1 Å². The summed E-state index contributed by atoms with van der Waals surface area (Å²) in [5, 5.41) is 0.691. The Labute approximate surface area is 113 Å². The van der Waals surface area contributed by atoms with Crippen LogP contribution >= 0.6 is 0 Å². The minimum absolute atomic E-state index is 0.205. The quantitative estimate of drug-likeness (QED) is 0.618. The Hall–Kier alpha value is -2.08. The van der Waals surface area contributed by atoms with E-state index < -0.39 is 5.82 Å². The number of fused-ring (bicyclic) bond motifs is 1. The highest BCUT2D eigenvalue weighted by molar-refractivity contribution is 5.91. The summed E-state index contributed by atoms with van der Waals surface area (Å²) in [5.41, 5.74) is 8.26. The first-order valence-corrected chi connectivity index (χ1v) is 6.38. The van der Waals surface area contributed by atoms with E-state index in [1.165, 1.54) is 0 Å². The lowest BCUT2D eigenvalue weighted by Crippen LogP contribution is -1.99. The van der Waals surface area contributed by atoms with Crippen LogP contribution in [0.5, 0.6) is 0 Å². The van der Waals surface area contributed by atoms with Gasteiger partial charge in [-0.2, -0.15) is 0 Å². The van der Waals surface area contributed by atoms with Crippen molar-refractivity contribution in [2.24, 2.45) is 0 Å². The Morgan fingerprint density at radius 1 is 1.32 bits per heavy atom. The lowest BCUT2D eigenvalue weighted by Gasteiger charge is -2.12. The van der Waals surface area contributed by atoms with Crippen molar-refractivity contribution in [1.82, 2.24) is 4.98 Å². The predicted molar refractivity (Wildman–Crippen MR) is 79.5 cm³/mol. The second-order valence-corrected chi connectivity index (χ2v) is 4.28. The maximum Gasteiger partial charge on any atom is 0.157 e. The molecule has 0 atom stereocenters. The molecule has 0 saturated heterocycles. The fourth-order valence-corrected chi connectivity index (χ4v) is 1.95. The summed E-state index contributed by atoms with van der Waals surface area (Å²) in [6, 6.07) is 3.54. The number of pyridine rings is 1. The molecule has 0 aliphatic rings. The molecule has 1 heterocycles. The van der Waals surface area contributed by atoms with Gasteiger partial charge in [0.05, 0.1) is 17.3 Å². The molecule has 0 saturated carbocycles. The highest BCUT2D eigenvalue weighted by Crippen LogP contribution is 2.30. The Morgan fingerprint density at radius 3 is 2.47 bits per heavy atom. The predicted octanol–water partition coefficient (Wildman–Crippen LogP) is 4.09. The third-order valence-electron chi connectivity index (χ3n) is 2.74. The normalized spacial score (nSPS) is 9.95. The van der Waals surface area contributed by atoms with E-state index in [9.17, 15) is 4.39 Å². The van der Waals surface area contributed by atoms with E-state index in [1.807, 2.05) is 33.8 Å². The van der Waals surface area contributed by atoms with Crippen molar-refractivity contribution in [2.75, 3.05) is 5.73 Å². The number of nitrogens with two attached hydrogens (primary N) is 1. The van der Waals surface area contributed by atoms with E-state index >= 15 is 0 Å². The molecule has 0 aliphatic heterocycles. The summed E-state index contributed by atoms with van der Waals surface area (Å²) in [6.07, 6.45) is 6.51. The third kappa shape index (κ3) is 2.85. The molecule has 1 aromatic heterocycles. The largest absolute Gasteiger partial charge is 0.399 e. The zero-order valence-electron chi connectivity index (χ0n) is 11.8. The SMILES string of the molecule is C#Cc1c(F)cnc2cc(N)cc(C(C)C)c12.CC. The molecule has 2 aromatic rings. The van der Waals surface area contributed by atoms with Crippen LogP contribution < -0.4 is 5.73 Å². The number of nitrogen functional groups attached to an aromatic ring is 1. The maximum absolute atomic E-state index is 13.6. The zero-order chi connectivity index (χ0) is 14.6. The Balaban J connectivity index is 0.000000861. The number of hydrogen-bond acceptors (Lipinski definition) is 2. The molecule has 3 heteroatoms. The molecule has 2 nitrogen and oxygen atoms in total. The minimum Gasteiger partial charge on any atom is -0.399 e. The molecule has 0 unspecified atom stereocenters. The fraction of sp³-hybridized carbons (Fsp3) is 0.312. The molecule has 0 bridgehead atoms. The highest BCUT2D eigenvalue weighted by Gasteiger charge is 2.14. The van der Waals surface area contributed by atoms with Crippen molar-refractivity contribution in [2.45, 2.75) is 33.6 Å². The van der Waals surface area contributed by atoms with Crippen LogP contribution in [0.2, 0.25) is 0 Å². The van der Waals surface area contributed by atoms with Gasteiger partial charge in [-0.1, -0.05) is 33.6 Å². The molecular formula is C16H19FN2. The van der Waals surface area contributed by atoms with Crippen LogP contribution in [-0.4, -0.2) is 4.98 Å². The summed E-state index contributed by atoms with van der Waals surface area (Å²) in [7, 11) is 0. The van der Waals surface area contributed by atoms with Crippen LogP contribution in [-0.2, 0) is 0 Å². The highest BCUT2D eigenvalue weighted by atomic mass is 19.1. The average Bonchev–Trinajstić information content (AvgIpc) is 2.40. The summed E-state index contributed by atoms with van der Waals surface area (Å²) in [5.74, 6) is 2.14. The molecule has 0 aliphatic carbocycles. The molecule has 2 N–H and O–H groups in total. The molecule has 100 valence electrons. The number of anilines is 1. The molecule has 0 amide bonds. The zero-order valence-corrected chi connectivity index (χ0v) is 11.8. The second-order valence-electron chi connectivity index (χ2n) is 4.28. The fourth-order valence-electron chi connectivity index (χ4n) is 1.95. The summed E-state index contributed by atoms with van der Waals surface area (Å²) in [6.45, 7) is 8.03. The minimum atomic E-state index is -0.466. The number of rotatable bonds is 1. The van der Waals surface area contributed by atoms with Crippen LogP contribution in [0.15, 0.2) is 18.3 Å². The van der Waals surface area contributed by atoms with Crippen LogP contribution in [0.4, 0.5) is 10.1 Å². The van der Waals surface area contributed by atoms with Crippen LogP contribution in [0.3, 0.4) is 0 Å². The van der Waals surface area contributed by atoms with Gasteiger partial charge in [0.15, 0.2) is 5.82 Å². The average molecular weight is 258 g/mol. The Kier molecular flexibility index (Phi) is 4.88. The Bertz CT molecular complexity index is 625. The van der Waals surface area contributed by atoms with E-state index in [0.717, 1.165) is 11.8 Å². The van der Waals surface area contributed by atoms with Gasteiger partial charge in [0.25, 0.3) is 0 Å². The van der Waals surface area contributed by atoms with Gasteiger partial charge in [-0.05, 0) is 23.6 Å². The number of nitrogens with zero attached hydrogens (tertiary/aromatic N) is 1. The smallest absolute Gasteiger partial charge is 0.157 e. The van der Waals surface area contributed by atoms with Gasteiger partial charge in [-0.3, -0.25) is 4.98 Å². The van der Waals surface area contributed by atoms with E-state index in [4.69, 9.17) is 12.2 Å². The van der Waals surface area contributed by atoms with Crippen LogP contribution in [0.1, 0.15) is 44.7 Å². The van der Waals surface area contributed by atoms with E-state index in [-0.39, 0.29) is 11.5 Å². The number of terminal acetylenes is 1. The van der Waals surface area contributed by atoms with Gasteiger partial charge in [-0.15, -0.1) is 6.42 Å². The number of benzene rings is 1. The molecule has 1 aromatic carbocycles. The second kappa shape index (κ2) is 6.19. The summed E-state index contributed by atoms with van der Waals surface area (Å²) < 4.78 is 13.6. The van der Waals surface area contributed by atoms with Crippen molar-refractivity contribution < 1.29 is 4.39 Å². The van der Waals surface area contributed by atoms with Crippen molar-refractivity contribution in [1.29, 1.82) is 0 Å². The van der Waals surface area contributed by atoms with Crippen molar-refractivity contribution >= 4 is 16.6 Å². The van der Waals surface area contributed by atoms with Gasteiger partial charge < -0.3 is 5.73 Å². The van der Waals surface area contributed by atoms with Gasteiger partial charge >= 0.3 is 0 Å². The van der Waals surface area contributed by atoms with Crippen molar-refractivity contribution in [3.05, 3.63) is 35.3 Å². The van der Waals surface area contributed by atoms with E-state index in [2.05, 4.69) is 10.9 Å². The molecule has 19 heavy (non-hydrogen) atoms. The van der Waals surface area contributed by atoms with E-state index in [1.54, 1.807) is 6.07 Å². The third-order valence-corrected chi connectivity index (χ3v) is 2.74. The first-order valence-electron chi connectivity index (χ1n) is 6.38. The first-order chi connectivity index (χ1) is 9.04. The Morgan fingerprint density at radius 2 is 1.95 bits per heavy atom. The van der Waals surface area contributed by atoms with Crippen molar-refractivity contribution in [3.63, 3.8) is 0 Å². The lowest BCUT2D eigenvalue weighted by molar-refractivity contribution is 0.620. The van der Waals surface area contributed by atoms with Gasteiger partial charge in [0.2, 0.25) is 0 Å². The molecule has 2 rings (SSSR count). The standard InChI is InChI=1S/C14H13FN2.C2H6/c1-4-10-12(15)7-17-13-6-9(16)5-11(8(2)3)14(10)13;1-2/h1,5-8H,16H2,2-3H3;1-2H3. The summed E-state index contributed by atoms with van der Waals surface area (Å²) >= 11 is 0. The number of aromatic nitrogens is 1. The molecule has 0 fully saturated rings. The van der Waals surface area contributed by atoms with Crippen molar-refractivity contribution in [3.8, 4) is 12.3 Å². The van der Waals surface area contributed by atoms with Crippen LogP contribution in [0, 0.1) is 18.2 Å². The molecule has 0 spiro atoms.